The maximum Gasteiger partial charge on any atom is 0.245 e. The van der Waals surface area contributed by atoms with Crippen LogP contribution < -0.4 is 0 Å². The molecular formula is C21H25FN2O3S2. The number of halogens is 1. The average molecular weight is 437 g/mol. The summed E-state index contributed by atoms with van der Waals surface area (Å²) in [4.78, 5) is 16.3. The van der Waals surface area contributed by atoms with Gasteiger partial charge in [-0.15, -0.1) is 11.3 Å². The lowest BCUT2D eigenvalue weighted by Crippen LogP contribution is -2.47. The highest BCUT2D eigenvalue weighted by Gasteiger charge is 2.38. The van der Waals surface area contributed by atoms with Crippen LogP contribution in [-0.2, 0) is 21.2 Å². The van der Waals surface area contributed by atoms with Gasteiger partial charge in [0.05, 0.1) is 6.04 Å². The van der Waals surface area contributed by atoms with E-state index in [0.29, 0.717) is 12.8 Å². The lowest BCUT2D eigenvalue weighted by Gasteiger charge is -2.39. The summed E-state index contributed by atoms with van der Waals surface area (Å²) in [7, 11) is -3.88. The number of piperidine rings is 1. The van der Waals surface area contributed by atoms with Crippen molar-refractivity contribution in [2.24, 2.45) is 5.92 Å². The molecule has 0 radical (unpaired) electrons. The van der Waals surface area contributed by atoms with Crippen LogP contribution in [0.25, 0.3) is 0 Å². The van der Waals surface area contributed by atoms with Crippen molar-refractivity contribution in [1.82, 2.24) is 9.21 Å². The highest BCUT2D eigenvalue weighted by molar-refractivity contribution is 7.89. The van der Waals surface area contributed by atoms with E-state index in [1.54, 1.807) is 11.3 Å². The average Bonchev–Trinajstić information content (AvgIpc) is 3.21. The first kappa shape index (κ1) is 20.5. The fraction of sp³-hybridized carbons (Fsp3) is 0.476. The van der Waals surface area contributed by atoms with E-state index >= 15 is 0 Å². The van der Waals surface area contributed by atoms with Gasteiger partial charge in [-0.1, -0.05) is 19.1 Å². The maximum atomic E-state index is 14.0. The van der Waals surface area contributed by atoms with E-state index in [0.717, 1.165) is 25.5 Å². The number of hydrogen-bond acceptors (Lipinski definition) is 4. The van der Waals surface area contributed by atoms with Crippen molar-refractivity contribution in [3.8, 4) is 0 Å². The minimum atomic E-state index is -3.88. The van der Waals surface area contributed by atoms with Gasteiger partial charge in [-0.05, 0) is 54.8 Å². The van der Waals surface area contributed by atoms with Crippen LogP contribution in [-0.4, -0.2) is 43.2 Å². The van der Waals surface area contributed by atoms with E-state index in [1.807, 2.05) is 4.90 Å². The van der Waals surface area contributed by atoms with Crippen LogP contribution in [0.5, 0.6) is 0 Å². The molecule has 1 amide bonds. The molecule has 4 rings (SSSR count). The standard InChI is InChI=1S/C21H25FN2O3S2/c1-2-18-16-10-14-28-19(16)9-13-24(18)21(25)15-7-11-23(12-8-15)29(26,27)20-6-4-3-5-17(20)22/h3-6,10,14-15,18H,2,7-9,11-13H2,1H3. The molecule has 1 aromatic carbocycles. The minimum absolute atomic E-state index is 0.109. The zero-order valence-corrected chi connectivity index (χ0v) is 18.0. The molecular weight excluding hydrogens is 411 g/mol. The smallest absolute Gasteiger partial charge is 0.245 e. The number of sulfonamides is 1. The SMILES string of the molecule is CCC1c2ccsc2CCN1C(=O)C1CCN(S(=O)(=O)c2ccccc2F)CC1. The minimum Gasteiger partial charge on any atom is -0.335 e. The fourth-order valence-electron chi connectivity index (χ4n) is 4.47. The van der Waals surface area contributed by atoms with Gasteiger partial charge in [0.2, 0.25) is 15.9 Å². The molecule has 0 saturated carbocycles. The van der Waals surface area contributed by atoms with E-state index in [-0.39, 0.29) is 35.9 Å². The third-order valence-electron chi connectivity index (χ3n) is 6.02. The van der Waals surface area contributed by atoms with Gasteiger partial charge in [-0.3, -0.25) is 4.79 Å². The third kappa shape index (κ3) is 3.73. The van der Waals surface area contributed by atoms with Gasteiger partial charge >= 0.3 is 0 Å². The Kier molecular flexibility index (Phi) is 5.77. The lowest BCUT2D eigenvalue weighted by molar-refractivity contribution is -0.139. The van der Waals surface area contributed by atoms with Crippen LogP contribution in [0.3, 0.4) is 0 Å². The first-order chi connectivity index (χ1) is 13.9. The number of nitrogens with zero attached hydrogens (tertiary/aromatic N) is 2. The monoisotopic (exact) mass is 436 g/mol. The fourth-order valence-corrected chi connectivity index (χ4v) is 6.93. The van der Waals surface area contributed by atoms with Crippen LogP contribution in [0.1, 0.15) is 42.7 Å². The Labute approximate surface area is 175 Å². The van der Waals surface area contributed by atoms with Crippen LogP contribution in [0.15, 0.2) is 40.6 Å². The molecule has 0 bridgehead atoms. The van der Waals surface area contributed by atoms with E-state index in [1.165, 1.54) is 32.9 Å². The second-order valence-electron chi connectivity index (χ2n) is 7.61. The number of rotatable bonds is 4. The molecule has 0 spiro atoms. The first-order valence-electron chi connectivity index (χ1n) is 10.0. The predicted molar refractivity (Wildman–Crippen MR) is 111 cm³/mol. The zero-order valence-electron chi connectivity index (χ0n) is 16.4. The molecule has 1 aromatic heterocycles. The Morgan fingerprint density at radius 1 is 1.17 bits per heavy atom. The summed E-state index contributed by atoms with van der Waals surface area (Å²) in [5.41, 5.74) is 1.26. The largest absolute Gasteiger partial charge is 0.335 e. The van der Waals surface area contributed by atoms with Crippen LogP contribution in [0.2, 0.25) is 0 Å². The Hall–Kier alpha value is -1.77. The van der Waals surface area contributed by atoms with Gasteiger partial charge in [0, 0.05) is 30.4 Å². The molecule has 1 saturated heterocycles. The topological polar surface area (TPSA) is 57.7 Å². The van der Waals surface area contributed by atoms with Crippen LogP contribution in [0, 0.1) is 11.7 Å². The second-order valence-corrected chi connectivity index (χ2v) is 10.5. The molecule has 2 aliphatic heterocycles. The van der Waals surface area contributed by atoms with Gasteiger partial charge in [0.15, 0.2) is 0 Å². The summed E-state index contributed by atoms with van der Waals surface area (Å²) in [6.07, 6.45) is 2.69. The number of fused-ring (bicyclic) bond motifs is 1. The van der Waals surface area contributed by atoms with Crippen LogP contribution in [0.4, 0.5) is 4.39 Å². The quantitative estimate of drug-likeness (QED) is 0.732. The Morgan fingerprint density at radius 2 is 1.90 bits per heavy atom. The number of carbonyl (C=O) groups is 1. The number of carbonyl (C=O) groups excluding carboxylic acids is 1. The van der Waals surface area contributed by atoms with Gasteiger partial charge in [-0.2, -0.15) is 4.31 Å². The van der Waals surface area contributed by atoms with E-state index in [2.05, 4.69) is 18.4 Å². The van der Waals surface area contributed by atoms with Crippen molar-refractivity contribution in [2.75, 3.05) is 19.6 Å². The molecule has 0 aliphatic carbocycles. The van der Waals surface area contributed by atoms with E-state index in [4.69, 9.17) is 0 Å². The van der Waals surface area contributed by atoms with Gasteiger partial charge in [-0.25, -0.2) is 12.8 Å². The van der Waals surface area contributed by atoms with Crippen LogP contribution >= 0.6 is 11.3 Å². The van der Waals surface area contributed by atoms with E-state index < -0.39 is 15.8 Å². The Balaban J connectivity index is 1.45. The van der Waals surface area contributed by atoms with Crippen molar-refractivity contribution in [2.45, 2.75) is 43.5 Å². The normalized spacial score (nSPS) is 21.2. The van der Waals surface area contributed by atoms with Crippen molar-refractivity contribution < 1.29 is 17.6 Å². The van der Waals surface area contributed by atoms with Gasteiger partial charge < -0.3 is 4.90 Å². The molecule has 2 aliphatic rings. The number of benzene rings is 1. The molecule has 8 heteroatoms. The maximum absolute atomic E-state index is 14.0. The highest BCUT2D eigenvalue weighted by Crippen LogP contribution is 2.37. The predicted octanol–water partition coefficient (Wildman–Crippen LogP) is 3.82. The Morgan fingerprint density at radius 3 is 2.59 bits per heavy atom. The molecule has 156 valence electrons. The van der Waals surface area contributed by atoms with Crippen molar-refractivity contribution in [3.05, 3.63) is 52.0 Å². The lowest BCUT2D eigenvalue weighted by atomic mass is 9.92. The number of thiophene rings is 1. The van der Waals surface area contributed by atoms with Gasteiger partial charge in [0.1, 0.15) is 10.7 Å². The zero-order chi connectivity index (χ0) is 20.6. The summed E-state index contributed by atoms with van der Waals surface area (Å²) >= 11 is 1.75. The summed E-state index contributed by atoms with van der Waals surface area (Å²) in [5.74, 6) is -0.802. The molecule has 1 atom stereocenters. The van der Waals surface area contributed by atoms with E-state index in [9.17, 15) is 17.6 Å². The highest BCUT2D eigenvalue weighted by atomic mass is 32.2. The molecule has 1 fully saturated rings. The molecule has 0 N–H and O–H groups in total. The summed E-state index contributed by atoms with van der Waals surface area (Å²) in [5, 5.41) is 2.09. The molecule has 29 heavy (non-hydrogen) atoms. The number of amides is 1. The summed E-state index contributed by atoms with van der Waals surface area (Å²) in [6.45, 7) is 3.29. The third-order valence-corrected chi connectivity index (χ3v) is 8.95. The number of hydrogen-bond donors (Lipinski definition) is 0. The Bertz CT molecular complexity index is 997. The molecule has 5 nitrogen and oxygen atoms in total. The van der Waals surface area contributed by atoms with Crippen molar-refractivity contribution in [1.29, 1.82) is 0 Å². The molecule has 1 unspecified atom stereocenters. The van der Waals surface area contributed by atoms with Gasteiger partial charge in [0.25, 0.3) is 0 Å². The van der Waals surface area contributed by atoms with Crippen molar-refractivity contribution in [3.63, 3.8) is 0 Å². The molecule has 3 heterocycles. The molecule has 2 aromatic rings. The second kappa shape index (κ2) is 8.16. The first-order valence-corrected chi connectivity index (χ1v) is 12.4. The summed E-state index contributed by atoms with van der Waals surface area (Å²) in [6, 6.07) is 7.67. The van der Waals surface area contributed by atoms with Crippen molar-refractivity contribution >= 4 is 27.3 Å². The summed E-state index contributed by atoms with van der Waals surface area (Å²) < 4.78 is 40.9.